The van der Waals surface area contributed by atoms with Crippen molar-refractivity contribution in [3.8, 4) is 11.3 Å². The lowest BCUT2D eigenvalue weighted by Gasteiger charge is -2.31. The maximum Gasteiger partial charge on any atom is 0.212 e. The summed E-state index contributed by atoms with van der Waals surface area (Å²) in [5.74, 6) is 0. The van der Waals surface area contributed by atoms with Crippen LogP contribution in [0.2, 0.25) is 0 Å². The van der Waals surface area contributed by atoms with E-state index in [-0.39, 0.29) is 0 Å². The molecule has 3 rings (SSSR count). The first-order valence-corrected chi connectivity index (χ1v) is 7.39. The van der Waals surface area contributed by atoms with Crippen molar-refractivity contribution < 1.29 is 4.57 Å². The fourth-order valence-corrected chi connectivity index (χ4v) is 3.54. The highest BCUT2D eigenvalue weighted by Gasteiger charge is 2.36. The molecule has 0 amide bonds. The van der Waals surface area contributed by atoms with Crippen LogP contribution in [0.5, 0.6) is 0 Å². The average molecular weight is 252 g/mol. The number of pyridine rings is 1. The predicted molar refractivity (Wildman–Crippen MR) is 79.0 cm³/mol. The van der Waals surface area contributed by atoms with Gasteiger partial charge in [0.05, 0.1) is 0 Å². The summed E-state index contributed by atoms with van der Waals surface area (Å²) in [7, 11) is 0. The van der Waals surface area contributed by atoms with Gasteiger partial charge in [-0.1, -0.05) is 32.0 Å². The van der Waals surface area contributed by atoms with Gasteiger partial charge in [0.15, 0.2) is 6.20 Å². The van der Waals surface area contributed by atoms with Crippen LogP contribution in [0.15, 0.2) is 48.7 Å². The molecule has 19 heavy (non-hydrogen) atoms. The molecule has 1 aromatic carbocycles. The van der Waals surface area contributed by atoms with Crippen molar-refractivity contribution >= 4 is 0 Å². The summed E-state index contributed by atoms with van der Waals surface area (Å²) in [4.78, 5) is 0. The Morgan fingerprint density at radius 1 is 1.00 bits per heavy atom. The zero-order chi connectivity index (χ0) is 13.3. The van der Waals surface area contributed by atoms with Gasteiger partial charge in [-0.25, -0.2) is 0 Å². The monoisotopic (exact) mass is 252 g/mol. The second-order valence-corrected chi connectivity index (χ2v) is 5.56. The van der Waals surface area contributed by atoms with Gasteiger partial charge < -0.3 is 0 Å². The second kappa shape index (κ2) is 4.80. The maximum absolute atomic E-state index is 2.41. The van der Waals surface area contributed by atoms with Gasteiger partial charge in [-0.05, 0) is 30.5 Å². The van der Waals surface area contributed by atoms with Gasteiger partial charge in [-0.15, -0.1) is 0 Å². The van der Waals surface area contributed by atoms with Crippen LogP contribution in [0.1, 0.15) is 38.7 Å². The molecule has 1 aliphatic rings. The minimum atomic E-state index is 0.336. The van der Waals surface area contributed by atoms with E-state index in [1.54, 1.807) is 0 Å². The number of aryl methyl sites for hydroxylation is 1. The van der Waals surface area contributed by atoms with Crippen LogP contribution in [-0.4, -0.2) is 0 Å². The molecule has 1 aliphatic heterocycles. The molecule has 0 fully saturated rings. The highest BCUT2D eigenvalue weighted by molar-refractivity contribution is 5.63. The number of aromatic nitrogens is 1. The molecule has 0 N–H and O–H groups in total. The second-order valence-electron chi connectivity index (χ2n) is 5.56. The number of hydrogen-bond acceptors (Lipinski definition) is 0. The lowest BCUT2D eigenvalue weighted by molar-refractivity contribution is -0.687. The summed E-state index contributed by atoms with van der Waals surface area (Å²) < 4.78 is 2.41. The molecule has 98 valence electrons. The minimum Gasteiger partial charge on any atom is -0.198 e. The Morgan fingerprint density at radius 2 is 1.74 bits per heavy atom. The minimum absolute atomic E-state index is 0.336. The van der Waals surface area contributed by atoms with E-state index in [1.807, 2.05) is 0 Å². The van der Waals surface area contributed by atoms with Crippen molar-refractivity contribution in [3.63, 3.8) is 0 Å². The van der Waals surface area contributed by atoms with Crippen molar-refractivity contribution in [1.29, 1.82) is 0 Å². The summed E-state index contributed by atoms with van der Waals surface area (Å²) in [5, 5.41) is 0. The highest BCUT2D eigenvalue weighted by Crippen LogP contribution is 2.41. The van der Waals surface area contributed by atoms with E-state index in [0.29, 0.717) is 5.41 Å². The number of nitrogens with zero attached hydrogens (tertiary/aromatic N) is 1. The van der Waals surface area contributed by atoms with Crippen LogP contribution in [0.3, 0.4) is 0 Å². The number of benzene rings is 1. The van der Waals surface area contributed by atoms with Crippen LogP contribution >= 0.6 is 0 Å². The van der Waals surface area contributed by atoms with Gasteiger partial charge in [0.25, 0.3) is 0 Å². The van der Waals surface area contributed by atoms with Crippen LogP contribution in [0, 0.1) is 0 Å². The Kier molecular flexibility index (Phi) is 3.14. The lowest BCUT2D eigenvalue weighted by Crippen LogP contribution is -2.36. The number of rotatable bonds is 2. The highest BCUT2D eigenvalue weighted by atomic mass is 15.0. The molecule has 0 saturated carbocycles. The Hall–Kier alpha value is -1.63. The summed E-state index contributed by atoms with van der Waals surface area (Å²) in [5.41, 5.74) is 4.66. The standard InChI is InChI=1S/C18H22N/c1-3-18(4-2)12-14-19-13-8-7-11-17(19)15-9-5-6-10-16(15)18/h5-11,13H,3-4,12,14H2,1-2H3/q+1. The SMILES string of the molecule is CCC1(CC)CC[n+]2ccccc2-c2ccccc21. The Labute approximate surface area is 115 Å². The third-order valence-electron chi connectivity index (χ3n) is 4.90. The molecule has 2 aromatic rings. The molecule has 0 spiro atoms. The fraction of sp³-hybridized carbons (Fsp3) is 0.389. The van der Waals surface area contributed by atoms with Crippen LogP contribution in [0.4, 0.5) is 0 Å². The van der Waals surface area contributed by atoms with E-state index in [4.69, 9.17) is 0 Å². The summed E-state index contributed by atoms with van der Waals surface area (Å²) in [6.45, 7) is 5.79. The summed E-state index contributed by atoms with van der Waals surface area (Å²) >= 11 is 0. The molecular weight excluding hydrogens is 230 g/mol. The van der Waals surface area contributed by atoms with Crippen LogP contribution in [-0.2, 0) is 12.0 Å². The molecule has 1 nitrogen and oxygen atoms in total. The first kappa shape index (κ1) is 12.4. The van der Waals surface area contributed by atoms with Gasteiger partial charge in [0, 0.05) is 29.5 Å². The molecule has 0 atom stereocenters. The smallest absolute Gasteiger partial charge is 0.198 e. The lowest BCUT2D eigenvalue weighted by atomic mass is 9.72. The van der Waals surface area contributed by atoms with Gasteiger partial charge >= 0.3 is 0 Å². The van der Waals surface area contributed by atoms with Gasteiger partial charge in [-0.2, -0.15) is 4.57 Å². The van der Waals surface area contributed by atoms with Crippen molar-refractivity contribution in [2.75, 3.05) is 0 Å². The molecule has 1 heteroatoms. The number of hydrogen-bond donors (Lipinski definition) is 0. The Bertz CT molecular complexity index is 582. The third kappa shape index (κ3) is 1.88. The molecule has 2 heterocycles. The molecule has 0 saturated heterocycles. The maximum atomic E-state index is 2.41. The zero-order valence-electron chi connectivity index (χ0n) is 11.9. The molecule has 0 unspecified atom stereocenters. The number of fused-ring (bicyclic) bond motifs is 3. The molecular formula is C18H22N+. The molecule has 0 radical (unpaired) electrons. The fourth-order valence-electron chi connectivity index (χ4n) is 3.54. The normalized spacial score (nSPS) is 16.3. The summed E-state index contributed by atoms with van der Waals surface area (Å²) in [6, 6.07) is 15.5. The van der Waals surface area contributed by atoms with E-state index in [1.165, 1.54) is 36.1 Å². The van der Waals surface area contributed by atoms with E-state index in [0.717, 1.165) is 6.54 Å². The quantitative estimate of drug-likeness (QED) is 0.708. The topological polar surface area (TPSA) is 3.88 Å². The van der Waals surface area contributed by atoms with E-state index < -0.39 is 0 Å². The zero-order valence-corrected chi connectivity index (χ0v) is 11.9. The molecule has 0 bridgehead atoms. The average Bonchev–Trinajstić information content (AvgIpc) is 2.63. The largest absolute Gasteiger partial charge is 0.212 e. The Balaban J connectivity index is 2.28. The van der Waals surface area contributed by atoms with E-state index in [9.17, 15) is 0 Å². The molecule has 0 aliphatic carbocycles. The van der Waals surface area contributed by atoms with Gasteiger partial charge in [0.1, 0.15) is 6.54 Å². The van der Waals surface area contributed by atoms with Gasteiger partial charge in [0.2, 0.25) is 5.69 Å². The van der Waals surface area contributed by atoms with Gasteiger partial charge in [-0.3, -0.25) is 0 Å². The van der Waals surface area contributed by atoms with Crippen molar-refractivity contribution in [3.05, 3.63) is 54.2 Å². The van der Waals surface area contributed by atoms with Crippen molar-refractivity contribution in [2.45, 2.75) is 45.1 Å². The first-order chi connectivity index (χ1) is 9.30. The first-order valence-electron chi connectivity index (χ1n) is 7.39. The van der Waals surface area contributed by atoms with E-state index >= 15 is 0 Å². The Morgan fingerprint density at radius 3 is 2.53 bits per heavy atom. The predicted octanol–water partition coefficient (Wildman–Crippen LogP) is 4.10. The van der Waals surface area contributed by atoms with E-state index in [2.05, 4.69) is 67.1 Å². The van der Waals surface area contributed by atoms with Crippen molar-refractivity contribution in [2.24, 2.45) is 0 Å². The molecule has 1 aromatic heterocycles. The van der Waals surface area contributed by atoms with Crippen molar-refractivity contribution in [1.82, 2.24) is 0 Å². The van der Waals surface area contributed by atoms with Crippen LogP contribution in [0.25, 0.3) is 11.3 Å². The van der Waals surface area contributed by atoms with Crippen LogP contribution < -0.4 is 4.57 Å². The summed E-state index contributed by atoms with van der Waals surface area (Å²) in [6.07, 6.45) is 5.89. The third-order valence-corrected chi connectivity index (χ3v) is 4.90.